The summed E-state index contributed by atoms with van der Waals surface area (Å²) in [6.45, 7) is 0. The molecule has 2 aromatic rings. The largest absolute Gasteiger partial charge is 0.494 e. The summed E-state index contributed by atoms with van der Waals surface area (Å²) in [5, 5.41) is 4.29. The van der Waals surface area contributed by atoms with Crippen molar-refractivity contribution in [2.24, 2.45) is 0 Å². The fraction of sp³-hybridized carbons (Fsp3) is 0.0588. The summed E-state index contributed by atoms with van der Waals surface area (Å²) in [4.78, 5) is 23.6. The zero-order valence-corrected chi connectivity index (χ0v) is 12.5. The summed E-state index contributed by atoms with van der Waals surface area (Å²) < 4.78 is 31.9. The molecule has 0 saturated heterocycles. The molecular weight excluding hydrogens is 318 g/mol. The third kappa shape index (κ3) is 3.87. The normalized spacial score (nSPS) is 9.75. The van der Waals surface area contributed by atoms with Gasteiger partial charge < -0.3 is 15.4 Å². The lowest BCUT2D eigenvalue weighted by Crippen LogP contribution is -2.29. The van der Waals surface area contributed by atoms with Crippen LogP contribution in [0.5, 0.6) is 5.75 Å². The van der Waals surface area contributed by atoms with Crippen molar-refractivity contribution in [2.45, 2.75) is 0 Å². The van der Waals surface area contributed by atoms with Gasteiger partial charge >= 0.3 is 11.8 Å². The van der Waals surface area contributed by atoms with Gasteiger partial charge in [0, 0.05) is 23.4 Å². The molecule has 2 aromatic carbocycles. The first-order valence-corrected chi connectivity index (χ1v) is 6.66. The number of amides is 2. The molecule has 0 aliphatic carbocycles. The fourth-order valence-corrected chi connectivity index (χ4v) is 1.83. The molecule has 0 unspecified atom stereocenters. The van der Waals surface area contributed by atoms with E-state index in [9.17, 15) is 18.4 Å². The average molecular weight is 330 g/mol. The molecule has 0 saturated carbocycles. The van der Waals surface area contributed by atoms with Gasteiger partial charge in [0.2, 0.25) is 0 Å². The maximum atomic E-state index is 13.8. The number of ether oxygens (including phenoxy) is 1. The lowest BCUT2D eigenvalue weighted by molar-refractivity contribution is -0.133. The van der Waals surface area contributed by atoms with Gasteiger partial charge in [-0.05, 0) is 18.2 Å². The number of carbonyl (C=O) groups excluding carboxylic acids is 2. The summed E-state index contributed by atoms with van der Waals surface area (Å²) in [5.41, 5.74) is 0.328. The Labute approximate surface area is 136 Å². The molecule has 2 amide bonds. The number of nitrogens with one attached hydrogen (secondary N) is 2. The molecule has 0 fully saturated rings. The highest BCUT2D eigenvalue weighted by Gasteiger charge is 2.18. The van der Waals surface area contributed by atoms with E-state index >= 15 is 0 Å². The molecular formula is C17H12F2N2O3. The van der Waals surface area contributed by atoms with Crippen molar-refractivity contribution < 1.29 is 23.1 Å². The van der Waals surface area contributed by atoms with E-state index < -0.39 is 29.1 Å². The van der Waals surface area contributed by atoms with E-state index in [1.807, 2.05) is 5.32 Å². The number of benzene rings is 2. The molecule has 0 aliphatic heterocycles. The first-order chi connectivity index (χ1) is 11.4. The second kappa shape index (κ2) is 7.24. The van der Waals surface area contributed by atoms with Crippen molar-refractivity contribution in [3.05, 3.63) is 53.6 Å². The van der Waals surface area contributed by atoms with Crippen LogP contribution >= 0.6 is 0 Å². The maximum Gasteiger partial charge on any atom is 0.314 e. The standard InChI is InChI=1S/C17H12F2N2O3/c1-3-10-5-4-6-11(7-10)20-16(22)17(23)21-14-8-13(19)15(24-2)9-12(14)18/h1,4-9H,2H3,(H,20,22)(H,21,23). The van der Waals surface area contributed by atoms with Gasteiger partial charge in [0.1, 0.15) is 0 Å². The van der Waals surface area contributed by atoms with E-state index in [4.69, 9.17) is 6.42 Å². The number of anilines is 2. The van der Waals surface area contributed by atoms with E-state index in [2.05, 4.69) is 16.0 Å². The Morgan fingerprint density at radius 1 is 1.08 bits per heavy atom. The molecule has 5 nitrogen and oxygen atoms in total. The van der Waals surface area contributed by atoms with Crippen molar-refractivity contribution >= 4 is 23.2 Å². The summed E-state index contributed by atoms with van der Waals surface area (Å²) in [7, 11) is 1.17. The van der Waals surface area contributed by atoms with Crippen LogP contribution < -0.4 is 15.4 Å². The van der Waals surface area contributed by atoms with Crippen LogP contribution in [0.25, 0.3) is 0 Å². The SMILES string of the molecule is C#Cc1cccc(NC(=O)C(=O)Nc2cc(F)c(OC)cc2F)c1. The number of rotatable bonds is 3. The molecule has 0 aliphatic rings. The Kier molecular flexibility index (Phi) is 5.12. The number of hydrogen-bond donors (Lipinski definition) is 2. The van der Waals surface area contributed by atoms with Gasteiger partial charge in [-0.25, -0.2) is 8.78 Å². The highest BCUT2D eigenvalue weighted by molar-refractivity contribution is 6.43. The molecule has 0 atom stereocenters. The van der Waals surface area contributed by atoms with Gasteiger partial charge in [0.15, 0.2) is 17.4 Å². The summed E-state index contributed by atoms with van der Waals surface area (Å²) >= 11 is 0. The van der Waals surface area contributed by atoms with E-state index in [1.165, 1.54) is 19.2 Å². The monoisotopic (exact) mass is 330 g/mol. The first kappa shape index (κ1) is 17.0. The molecule has 24 heavy (non-hydrogen) atoms. The van der Waals surface area contributed by atoms with Gasteiger partial charge in [0.25, 0.3) is 0 Å². The van der Waals surface area contributed by atoms with Crippen LogP contribution in [-0.2, 0) is 9.59 Å². The predicted molar refractivity (Wildman–Crippen MR) is 84.5 cm³/mol. The van der Waals surface area contributed by atoms with Crippen LogP contribution in [0.1, 0.15) is 5.56 Å². The lowest BCUT2D eigenvalue weighted by Gasteiger charge is -2.09. The van der Waals surface area contributed by atoms with Crippen LogP contribution in [0.2, 0.25) is 0 Å². The molecule has 2 N–H and O–H groups in total. The van der Waals surface area contributed by atoms with Crippen LogP contribution in [0.15, 0.2) is 36.4 Å². The van der Waals surface area contributed by atoms with Gasteiger partial charge in [-0.1, -0.05) is 12.0 Å². The molecule has 0 spiro atoms. The van der Waals surface area contributed by atoms with Crippen molar-refractivity contribution in [3.8, 4) is 18.1 Å². The summed E-state index contributed by atoms with van der Waals surface area (Å²) in [6, 6.07) is 7.74. The molecule has 0 aromatic heterocycles. The topological polar surface area (TPSA) is 67.4 Å². The minimum Gasteiger partial charge on any atom is -0.494 e. The van der Waals surface area contributed by atoms with Gasteiger partial charge in [0.05, 0.1) is 12.8 Å². The quantitative estimate of drug-likeness (QED) is 0.671. The second-order valence-electron chi connectivity index (χ2n) is 4.60. The Balaban J connectivity index is 2.10. The number of terminal acetylenes is 1. The van der Waals surface area contributed by atoms with Crippen LogP contribution in [0, 0.1) is 24.0 Å². The highest BCUT2D eigenvalue weighted by Crippen LogP contribution is 2.24. The first-order valence-electron chi connectivity index (χ1n) is 6.66. The van der Waals surface area contributed by atoms with E-state index in [-0.39, 0.29) is 5.75 Å². The van der Waals surface area contributed by atoms with Crippen molar-refractivity contribution in [2.75, 3.05) is 17.7 Å². The molecule has 0 radical (unpaired) electrons. The van der Waals surface area contributed by atoms with Gasteiger partial charge in [-0.3, -0.25) is 9.59 Å². The van der Waals surface area contributed by atoms with Crippen LogP contribution in [0.4, 0.5) is 20.2 Å². The molecule has 2 rings (SSSR count). The van der Waals surface area contributed by atoms with E-state index in [0.717, 1.165) is 12.1 Å². The average Bonchev–Trinajstić information content (AvgIpc) is 2.57. The Morgan fingerprint density at radius 3 is 2.46 bits per heavy atom. The van der Waals surface area contributed by atoms with Crippen molar-refractivity contribution in [1.82, 2.24) is 0 Å². The predicted octanol–water partition coefficient (Wildman–Crippen LogP) is 2.53. The number of hydrogen-bond acceptors (Lipinski definition) is 3. The molecule has 0 bridgehead atoms. The Hall–Kier alpha value is -3.40. The molecule has 7 heteroatoms. The summed E-state index contributed by atoms with van der Waals surface area (Å²) in [5.74, 6) is -1.98. The van der Waals surface area contributed by atoms with Crippen LogP contribution in [-0.4, -0.2) is 18.9 Å². The van der Waals surface area contributed by atoms with Crippen molar-refractivity contribution in [3.63, 3.8) is 0 Å². The molecule has 122 valence electrons. The fourth-order valence-electron chi connectivity index (χ4n) is 1.83. The third-order valence-corrected chi connectivity index (χ3v) is 2.98. The number of carbonyl (C=O) groups is 2. The highest BCUT2D eigenvalue weighted by atomic mass is 19.1. The second-order valence-corrected chi connectivity index (χ2v) is 4.60. The third-order valence-electron chi connectivity index (χ3n) is 2.98. The molecule has 0 heterocycles. The smallest absolute Gasteiger partial charge is 0.314 e. The minimum atomic E-state index is -1.16. The van der Waals surface area contributed by atoms with E-state index in [0.29, 0.717) is 11.3 Å². The maximum absolute atomic E-state index is 13.8. The summed E-state index contributed by atoms with van der Waals surface area (Å²) in [6.07, 6.45) is 5.24. The minimum absolute atomic E-state index is 0.298. The number of methoxy groups -OCH3 is 1. The lowest BCUT2D eigenvalue weighted by atomic mass is 10.2. The van der Waals surface area contributed by atoms with Crippen LogP contribution in [0.3, 0.4) is 0 Å². The van der Waals surface area contributed by atoms with Gasteiger partial charge in [-0.2, -0.15) is 0 Å². The zero-order valence-electron chi connectivity index (χ0n) is 12.5. The number of halogens is 2. The van der Waals surface area contributed by atoms with E-state index in [1.54, 1.807) is 12.1 Å². The Morgan fingerprint density at radius 2 is 1.79 bits per heavy atom. The Bertz CT molecular complexity index is 844. The zero-order chi connectivity index (χ0) is 17.7. The van der Waals surface area contributed by atoms with Crippen molar-refractivity contribution in [1.29, 1.82) is 0 Å². The van der Waals surface area contributed by atoms with Gasteiger partial charge in [-0.15, -0.1) is 6.42 Å².